The molecule has 1 rings (SSSR count). The minimum atomic E-state index is 0. The number of unbranched alkanes of at least 4 members (excludes halogenated alkanes) is 1. The lowest BCUT2D eigenvalue weighted by Crippen LogP contribution is -2.03. The van der Waals surface area contributed by atoms with E-state index in [-0.39, 0.29) is 18.2 Å². The maximum atomic E-state index is 9.12. The first-order chi connectivity index (χ1) is 6.33. The van der Waals surface area contributed by atoms with Gasteiger partial charge in [-0.1, -0.05) is 6.07 Å². The Hall–Kier alpha value is -0.930. The Morgan fingerprint density at radius 2 is 2.07 bits per heavy atom. The minimum Gasteiger partial charge on any atom is -0.508 e. The van der Waals surface area contributed by atoms with Gasteiger partial charge in [0.05, 0.1) is 6.61 Å². The Bertz CT molecular complexity index is 256. The smallest absolute Gasteiger partial charge is 0.122 e. The maximum Gasteiger partial charge on any atom is 0.122 e. The highest BCUT2D eigenvalue weighted by Crippen LogP contribution is 2.17. The summed E-state index contributed by atoms with van der Waals surface area (Å²) in [5.41, 5.74) is 5.34. The predicted octanol–water partition coefficient (Wildman–Crippen LogP) is 1.93. The highest BCUT2D eigenvalue weighted by Gasteiger charge is 1.94. The Morgan fingerprint density at radius 1 is 1.29 bits per heavy atom. The standard InChI is InChI=1S/C10H15NO2.ClH/c11-6-1-2-7-13-10-5-3-4-9(12)8-10;/h3-5,8,12H,1-2,6-7,11H2;1H. The van der Waals surface area contributed by atoms with Crippen molar-refractivity contribution in [1.29, 1.82) is 0 Å². The molecule has 0 unspecified atom stereocenters. The van der Waals surface area contributed by atoms with Crippen molar-refractivity contribution < 1.29 is 9.84 Å². The molecule has 14 heavy (non-hydrogen) atoms. The summed E-state index contributed by atoms with van der Waals surface area (Å²) in [5, 5.41) is 9.12. The number of ether oxygens (including phenoxy) is 1. The number of hydrogen-bond donors (Lipinski definition) is 2. The van der Waals surface area contributed by atoms with Crippen LogP contribution < -0.4 is 10.5 Å². The molecule has 0 saturated carbocycles. The van der Waals surface area contributed by atoms with Gasteiger partial charge in [-0.3, -0.25) is 0 Å². The lowest BCUT2D eigenvalue weighted by molar-refractivity contribution is 0.306. The molecule has 0 aliphatic rings. The lowest BCUT2D eigenvalue weighted by Gasteiger charge is -2.05. The number of phenols is 1. The Labute approximate surface area is 90.3 Å². The van der Waals surface area contributed by atoms with Gasteiger partial charge in [0.25, 0.3) is 0 Å². The van der Waals surface area contributed by atoms with E-state index in [1.54, 1.807) is 18.2 Å². The van der Waals surface area contributed by atoms with Gasteiger partial charge in [-0.15, -0.1) is 12.4 Å². The van der Waals surface area contributed by atoms with Gasteiger partial charge in [-0.05, 0) is 31.5 Å². The van der Waals surface area contributed by atoms with Crippen LogP contribution in [0.15, 0.2) is 24.3 Å². The van der Waals surface area contributed by atoms with Gasteiger partial charge in [0, 0.05) is 6.07 Å². The van der Waals surface area contributed by atoms with Crippen LogP contribution in [0.5, 0.6) is 11.5 Å². The maximum absolute atomic E-state index is 9.12. The summed E-state index contributed by atoms with van der Waals surface area (Å²) in [4.78, 5) is 0. The molecule has 80 valence electrons. The van der Waals surface area contributed by atoms with E-state index in [2.05, 4.69) is 0 Å². The summed E-state index contributed by atoms with van der Waals surface area (Å²) in [6.07, 6.45) is 1.92. The van der Waals surface area contributed by atoms with Gasteiger partial charge in [-0.25, -0.2) is 0 Å². The summed E-state index contributed by atoms with van der Waals surface area (Å²) in [5.74, 6) is 0.938. The van der Waals surface area contributed by atoms with E-state index in [1.165, 1.54) is 0 Å². The second-order valence-corrected chi connectivity index (χ2v) is 2.84. The van der Waals surface area contributed by atoms with Crippen LogP contribution in [0.25, 0.3) is 0 Å². The summed E-state index contributed by atoms with van der Waals surface area (Å²) in [6.45, 7) is 1.35. The zero-order valence-corrected chi connectivity index (χ0v) is 8.80. The van der Waals surface area contributed by atoms with Crippen molar-refractivity contribution in [3.63, 3.8) is 0 Å². The summed E-state index contributed by atoms with van der Waals surface area (Å²) >= 11 is 0. The van der Waals surface area contributed by atoms with E-state index in [1.807, 2.05) is 6.07 Å². The topological polar surface area (TPSA) is 55.5 Å². The molecular weight excluding hydrogens is 202 g/mol. The molecule has 4 heteroatoms. The second kappa shape index (κ2) is 7.47. The van der Waals surface area contributed by atoms with Crippen LogP contribution in [0, 0.1) is 0 Å². The van der Waals surface area contributed by atoms with Gasteiger partial charge in [0.2, 0.25) is 0 Å². The van der Waals surface area contributed by atoms with Crippen LogP contribution in [0.1, 0.15) is 12.8 Å². The quantitative estimate of drug-likeness (QED) is 0.742. The third-order valence-corrected chi connectivity index (χ3v) is 1.68. The number of benzene rings is 1. The first-order valence-corrected chi connectivity index (χ1v) is 4.45. The van der Waals surface area contributed by atoms with Crippen molar-refractivity contribution in [3.8, 4) is 11.5 Å². The van der Waals surface area contributed by atoms with E-state index >= 15 is 0 Å². The molecule has 0 aliphatic carbocycles. The van der Waals surface area contributed by atoms with Crippen LogP contribution in [0.2, 0.25) is 0 Å². The van der Waals surface area contributed by atoms with E-state index in [0.717, 1.165) is 12.8 Å². The molecule has 1 aromatic carbocycles. The van der Waals surface area contributed by atoms with Crippen molar-refractivity contribution in [2.45, 2.75) is 12.8 Å². The Balaban J connectivity index is 0.00000169. The number of halogens is 1. The average Bonchev–Trinajstić information content (AvgIpc) is 2.13. The van der Waals surface area contributed by atoms with Gasteiger partial charge < -0.3 is 15.6 Å². The molecule has 0 bridgehead atoms. The number of nitrogens with two attached hydrogens (primary N) is 1. The average molecular weight is 218 g/mol. The molecule has 0 atom stereocenters. The molecule has 0 saturated heterocycles. The fourth-order valence-electron chi connectivity index (χ4n) is 1.01. The van der Waals surface area contributed by atoms with Crippen LogP contribution in [-0.4, -0.2) is 18.3 Å². The van der Waals surface area contributed by atoms with Crippen molar-refractivity contribution >= 4 is 12.4 Å². The molecule has 0 fully saturated rings. The van der Waals surface area contributed by atoms with Crippen molar-refractivity contribution in [2.75, 3.05) is 13.2 Å². The molecule has 0 spiro atoms. The van der Waals surface area contributed by atoms with E-state index in [0.29, 0.717) is 18.9 Å². The van der Waals surface area contributed by atoms with Crippen molar-refractivity contribution in [2.24, 2.45) is 5.73 Å². The zero-order chi connectivity index (χ0) is 9.52. The SMILES string of the molecule is Cl.NCCCCOc1cccc(O)c1. The number of hydrogen-bond acceptors (Lipinski definition) is 3. The highest BCUT2D eigenvalue weighted by atomic mass is 35.5. The number of aromatic hydroxyl groups is 1. The molecule has 0 radical (unpaired) electrons. The third-order valence-electron chi connectivity index (χ3n) is 1.68. The van der Waals surface area contributed by atoms with Gasteiger partial charge in [0.1, 0.15) is 11.5 Å². The fraction of sp³-hybridized carbons (Fsp3) is 0.400. The van der Waals surface area contributed by atoms with Crippen molar-refractivity contribution in [3.05, 3.63) is 24.3 Å². The van der Waals surface area contributed by atoms with Crippen LogP contribution in [0.4, 0.5) is 0 Å². The molecule has 3 nitrogen and oxygen atoms in total. The van der Waals surface area contributed by atoms with Crippen molar-refractivity contribution in [1.82, 2.24) is 0 Å². The van der Waals surface area contributed by atoms with Gasteiger partial charge in [0.15, 0.2) is 0 Å². The Kier molecular flexibility index (Phi) is 6.98. The fourth-order valence-corrected chi connectivity index (χ4v) is 1.01. The van der Waals surface area contributed by atoms with E-state index in [9.17, 15) is 0 Å². The van der Waals surface area contributed by atoms with Crippen LogP contribution in [-0.2, 0) is 0 Å². The number of rotatable bonds is 5. The first-order valence-electron chi connectivity index (χ1n) is 4.45. The minimum absolute atomic E-state index is 0. The zero-order valence-electron chi connectivity index (χ0n) is 7.98. The third kappa shape index (κ3) is 4.94. The normalized spacial score (nSPS) is 9.21. The summed E-state index contributed by atoms with van der Waals surface area (Å²) in [7, 11) is 0. The monoisotopic (exact) mass is 217 g/mol. The molecule has 0 amide bonds. The largest absolute Gasteiger partial charge is 0.508 e. The summed E-state index contributed by atoms with van der Waals surface area (Å²) < 4.78 is 5.37. The molecular formula is C10H16ClNO2. The van der Waals surface area contributed by atoms with Gasteiger partial charge >= 0.3 is 0 Å². The van der Waals surface area contributed by atoms with Crippen LogP contribution in [0.3, 0.4) is 0 Å². The summed E-state index contributed by atoms with van der Waals surface area (Å²) in [6, 6.07) is 6.80. The second-order valence-electron chi connectivity index (χ2n) is 2.84. The van der Waals surface area contributed by atoms with E-state index in [4.69, 9.17) is 15.6 Å². The van der Waals surface area contributed by atoms with Gasteiger partial charge in [-0.2, -0.15) is 0 Å². The first kappa shape index (κ1) is 13.1. The van der Waals surface area contributed by atoms with Crippen LogP contribution >= 0.6 is 12.4 Å². The molecule has 0 heterocycles. The van der Waals surface area contributed by atoms with E-state index < -0.39 is 0 Å². The predicted molar refractivity (Wildman–Crippen MR) is 59.1 cm³/mol. The Morgan fingerprint density at radius 3 is 2.71 bits per heavy atom. The molecule has 1 aromatic rings. The lowest BCUT2D eigenvalue weighted by atomic mass is 10.3. The molecule has 0 aliphatic heterocycles. The highest BCUT2D eigenvalue weighted by molar-refractivity contribution is 5.85. The molecule has 3 N–H and O–H groups in total. The molecule has 0 aromatic heterocycles. The number of phenolic OH excluding ortho intramolecular Hbond substituents is 1.